The Morgan fingerprint density at radius 2 is 2.00 bits per heavy atom. The van der Waals surface area contributed by atoms with Gasteiger partial charge in [-0.05, 0) is 12.1 Å². The zero-order valence-electron chi connectivity index (χ0n) is 7.92. The van der Waals surface area contributed by atoms with Gasteiger partial charge in [0.05, 0.1) is 5.69 Å². The van der Waals surface area contributed by atoms with Gasteiger partial charge in [0.15, 0.2) is 11.6 Å². The van der Waals surface area contributed by atoms with Gasteiger partial charge in [-0.15, -0.1) is 0 Å². The lowest BCUT2D eigenvalue weighted by atomic mass is 10.3. The van der Waals surface area contributed by atoms with Crippen LogP contribution < -0.4 is 5.32 Å². The average molecular weight is 242 g/mol. The molecule has 0 aliphatic rings. The second-order valence-corrected chi connectivity index (χ2v) is 3.34. The van der Waals surface area contributed by atoms with E-state index >= 15 is 0 Å². The van der Waals surface area contributed by atoms with Gasteiger partial charge in [0.2, 0.25) is 0 Å². The van der Waals surface area contributed by atoms with Gasteiger partial charge >= 0.3 is 0 Å². The summed E-state index contributed by atoms with van der Waals surface area (Å²) in [6.07, 6.45) is 1.22. The number of nitrogens with zero attached hydrogens (tertiary/aromatic N) is 2. The van der Waals surface area contributed by atoms with Gasteiger partial charge < -0.3 is 5.32 Å². The minimum atomic E-state index is -0.961. The van der Waals surface area contributed by atoms with Gasteiger partial charge in [-0.2, -0.15) is 0 Å². The summed E-state index contributed by atoms with van der Waals surface area (Å²) in [6.45, 7) is 0. The van der Waals surface area contributed by atoms with Crippen molar-refractivity contribution in [2.45, 2.75) is 0 Å². The highest BCUT2D eigenvalue weighted by molar-refractivity contribution is 6.29. The summed E-state index contributed by atoms with van der Waals surface area (Å²) in [4.78, 5) is 7.48. The molecule has 0 saturated carbocycles. The zero-order chi connectivity index (χ0) is 11.5. The van der Waals surface area contributed by atoms with Crippen LogP contribution in [0.5, 0.6) is 0 Å². The molecule has 1 heterocycles. The molecule has 0 unspecified atom stereocenters. The van der Waals surface area contributed by atoms with Crippen LogP contribution in [0.1, 0.15) is 0 Å². The highest BCUT2D eigenvalue weighted by Crippen LogP contribution is 2.21. The third kappa shape index (κ3) is 2.25. The fourth-order valence-corrected chi connectivity index (χ4v) is 1.29. The van der Waals surface area contributed by atoms with E-state index in [0.717, 1.165) is 6.07 Å². The van der Waals surface area contributed by atoms with Crippen molar-refractivity contribution in [1.82, 2.24) is 9.97 Å². The molecule has 82 valence electrons. The molecule has 0 fully saturated rings. The van der Waals surface area contributed by atoms with E-state index in [1.54, 1.807) is 0 Å². The molecule has 2 aromatic rings. The molecule has 1 aromatic heterocycles. The van der Waals surface area contributed by atoms with Crippen LogP contribution in [-0.4, -0.2) is 9.97 Å². The Bertz CT molecular complexity index is 519. The van der Waals surface area contributed by atoms with E-state index in [-0.39, 0.29) is 10.8 Å². The summed E-state index contributed by atoms with van der Waals surface area (Å²) < 4.78 is 26.2. The molecule has 16 heavy (non-hydrogen) atoms. The van der Waals surface area contributed by atoms with Crippen molar-refractivity contribution in [1.29, 1.82) is 0 Å². The summed E-state index contributed by atoms with van der Waals surface area (Å²) in [5.74, 6) is -1.59. The van der Waals surface area contributed by atoms with Gasteiger partial charge in [0.1, 0.15) is 17.3 Å². The van der Waals surface area contributed by atoms with Crippen molar-refractivity contribution in [3.05, 3.63) is 47.4 Å². The monoisotopic (exact) mass is 241 g/mol. The van der Waals surface area contributed by atoms with E-state index in [4.69, 9.17) is 11.6 Å². The van der Waals surface area contributed by atoms with Crippen molar-refractivity contribution in [2.75, 3.05) is 5.32 Å². The number of benzene rings is 1. The second-order valence-electron chi connectivity index (χ2n) is 2.95. The smallest absolute Gasteiger partial charge is 0.182 e. The first kappa shape index (κ1) is 10.8. The molecule has 2 rings (SSSR count). The summed E-state index contributed by atoms with van der Waals surface area (Å²) in [5, 5.41) is 2.82. The molecule has 0 aliphatic heterocycles. The Balaban J connectivity index is 2.31. The maximum atomic E-state index is 13.3. The van der Waals surface area contributed by atoms with Crippen LogP contribution in [0.25, 0.3) is 0 Å². The van der Waals surface area contributed by atoms with E-state index in [9.17, 15) is 8.78 Å². The fourth-order valence-electron chi connectivity index (χ4n) is 1.14. The number of anilines is 2. The Morgan fingerprint density at radius 3 is 2.75 bits per heavy atom. The highest BCUT2D eigenvalue weighted by atomic mass is 35.5. The lowest BCUT2D eigenvalue weighted by Gasteiger charge is -2.06. The molecule has 3 nitrogen and oxygen atoms in total. The Hall–Kier alpha value is -1.75. The number of hydrogen-bond donors (Lipinski definition) is 1. The van der Waals surface area contributed by atoms with Crippen LogP contribution in [0.4, 0.5) is 20.3 Å². The van der Waals surface area contributed by atoms with Crippen molar-refractivity contribution in [2.24, 2.45) is 0 Å². The molecule has 1 aromatic carbocycles. The normalized spacial score (nSPS) is 10.2. The Morgan fingerprint density at radius 1 is 1.19 bits per heavy atom. The van der Waals surface area contributed by atoms with Crippen molar-refractivity contribution in [3.63, 3.8) is 0 Å². The van der Waals surface area contributed by atoms with Crippen LogP contribution in [0.2, 0.25) is 5.15 Å². The van der Waals surface area contributed by atoms with E-state index in [0.29, 0.717) is 5.82 Å². The minimum Gasteiger partial charge on any atom is -0.338 e. The maximum absolute atomic E-state index is 13.3. The zero-order valence-corrected chi connectivity index (χ0v) is 8.67. The number of nitrogens with one attached hydrogen (secondary N) is 1. The molecule has 0 spiro atoms. The molecular weight excluding hydrogens is 236 g/mol. The number of aromatic nitrogens is 2. The molecule has 0 amide bonds. The summed E-state index contributed by atoms with van der Waals surface area (Å²) >= 11 is 5.62. The van der Waals surface area contributed by atoms with E-state index < -0.39 is 11.6 Å². The predicted octanol–water partition coefficient (Wildman–Crippen LogP) is 3.15. The van der Waals surface area contributed by atoms with E-state index in [1.165, 1.54) is 24.5 Å². The quantitative estimate of drug-likeness (QED) is 0.821. The third-order valence-corrected chi connectivity index (χ3v) is 2.05. The highest BCUT2D eigenvalue weighted by Gasteiger charge is 2.08. The van der Waals surface area contributed by atoms with Crippen molar-refractivity contribution >= 4 is 23.1 Å². The summed E-state index contributed by atoms with van der Waals surface area (Å²) in [7, 11) is 0. The van der Waals surface area contributed by atoms with E-state index in [2.05, 4.69) is 15.3 Å². The number of hydrogen-bond acceptors (Lipinski definition) is 3. The molecule has 0 radical (unpaired) electrons. The standard InChI is InChI=1S/C10H6ClF2N3/c11-8-4-9(15-5-14-8)16-7-3-1-2-6(12)10(7)13/h1-5H,(H,14,15,16). The summed E-state index contributed by atoms with van der Waals surface area (Å²) in [6, 6.07) is 5.23. The average Bonchev–Trinajstić information content (AvgIpc) is 2.25. The first-order valence-electron chi connectivity index (χ1n) is 4.35. The largest absolute Gasteiger partial charge is 0.338 e. The first-order valence-corrected chi connectivity index (χ1v) is 4.73. The SMILES string of the molecule is Fc1cccc(Nc2cc(Cl)ncn2)c1F. The predicted molar refractivity (Wildman–Crippen MR) is 56.7 cm³/mol. The molecule has 1 N–H and O–H groups in total. The molecule has 6 heteroatoms. The van der Waals surface area contributed by atoms with Crippen LogP contribution in [0, 0.1) is 11.6 Å². The fraction of sp³-hybridized carbons (Fsp3) is 0. The van der Waals surface area contributed by atoms with Crippen LogP contribution in [0.3, 0.4) is 0 Å². The lowest BCUT2D eigenvalue weighted by Crippen LogP contribution is -1.98. The van der Waals surface area contributed by atoms with Crippen LogP contribution >= 0.6 is 11.6 Å². The topological polar surface area (TPSA) is 37.8 Å². The van der Waals surface area contributed by atoms with Gasteiger partial charge in [-0.25, -0.2) is 18.7 Å². The number of halogens is 3. The van der Waals surface area contributed by atoms with Crippen LogP contribution in [-0.2, 0) is 0 Å². The molecular formula is C10H6ClF2N3. The maximum Gasteiger partial charge on any atom is 0.182 e. The summed E-state index contributed by atoms with van der Waals surface area (Å²) in [5.41, 5.74) is -0.00485. The van der Waals surface area contributed by atoms with Gasteiger partial charge in [0.25, 0.3) is 0 Å². The second kappa shape index (κ2) is 4.40. The molecule has 0 aliphatic carbocycles. The van der Waals surface area contributed by atoms with Crippen molar-refractivity contribution < 1.29 is 8.78 Å². The Labute approximate surface area is 95.1 Å². The van der Waals surface area contributed by atoms with Gasteiger partial charge in [0, 0.05) is 6.07 Å². The van der Waals surface area contributed by atoms with Crippen molar-refractivity contribution in [3.8, 4) is 0 Å². The van der Waals surface area contributed by atoms with E-state index in [1.807, 2.05) is 0 Å². The lowest BCUT2D eigenvalue weighted by molar-refractivity contribution is 0.511. The molecule has 0 atom stereocenters. The number of rotatable bonds is 2. The van der Waals surface area contributed by atoms with Crippen LogP contribution in [0.15, 0.2) is 30.6 Å². The molecule has 0 bridgehead atoms. The van der Waals surface area contributed by atoms with Gasteiger partial charge in [-0.3, -0.25) is 0 Å². The van der Waals surface area contributed by atoms with Gasteiger partial charge in [-0.1, -0.05) is 17.7 Å². The first-order chi connectivity index (χ1) is 7.66. The minimum absolute atomic E-state index is 0.00485. The molecule has 0 saturated heterocycles. The third-order valence-electron chi connectivity index (χ3n) is 1.85. The Kier molecular flexibility index (Phi) is 2.96.